The summed E-state index contributed by atoms with van der Waals surface area (Å²) in [6, 6.07) is 92.5. The molecule has 350 valence electrons. The number of furan rings is 2. The molecule has 0 N–H and O–H groups in total. The van der Waals surface area contributed by atoms with Crippen molar-refractivity contribution >= 4 is 43.9 Å². The van der Waals surface area contributed by atoms with E-state index in [0.29, 0.717) is 17.5 Å². The molecule has 11 aromatic carbocycles. The Labute approximate surface area is 432 Å². The second kappa shape index (κ2) is 17.1. The Balaban J connectivity index is 0.850. The van der Waals surface area contributed by atoms with Gasteiger partial charge in [0, 0.05) is 38.2 Å². The highest BCUT2D eigenvalue weighted by Crippen LogP contribution is 2.58. The minimum Gasteiger partial charge on any atom is -0.456 e. The van der Waals surface area contributed by atoms with Crippen molar-refractivity contribution in [1.82, 2.24) is 15.0 Å². The van der Waals surface area contributed by atoms with Crippen LogP contribution in [0.1, 0.15) is 22.3 Å². The van der Waals surface area contributed by atoms with Gasteiger partial charge in [-0.25, -0.2) is 15.0 Å². The summed E-state index contributed by atoms with van der Waals surface area (Å²) >= 11 is 0. The van der Waals surface area contributed by atoms with Gasteiger partial charge in [-0.3, -0.25) is 0 Å². The summed E-state index contributed by atoms with van der Waals surface area (Å²) in [5.74, 6) is 1.67. The predicted molar refractivity (Wildman–Crippen MR) is 304 cm³/mol. The number of benzene rings is 11. The molecule has 0 unspecified atom stereocenters. The Morgan fingerprint density at radius 2 is 0.760 bits per heavy atom. The van der Waals surface area contributed by atoms with E-state index in [4.69, 9.17) is 23.8 Å². The van der Waals surface area contributed by atoms with Crippen LogP contribution in [0, 0.1) is 0 Å². The van der Waals surface area contributed by atoms with Crippen molar-refractivity contribution in [3.8, 4) is 78.7 Å². The van der Waals surface area contributed by atoms with E-state index in [0.717, 1.165) is 88.4 Å². The Bertz CT molecular complexity index is 4480. The number of para-hydroxylation sites is 1. The van der Waals surface area contributed by atoms with E-state index in [9.17, 15) is 0 Å². The van der Waals surface area contributed by atoms with E-state index in [1.54, 1.807) is 0 Å². The molecule has 0 radical (unpaired) electrons. The van der Waals surface area contributed by atoms with E-state index in [-0.39, 0.29) is 0 Å². The van der Waals surface area contributed by atoms with Gasteiger partial charge in [0.05, 0.1) is 5.41 Å². The highest BCUT2D eigenvalue weighted by atomic mass is 16.3. The van der Waals surface area contributed by atoms with Crippen molar-refractivity contribution < 1.29 is 8.83 Å². The first-order chi connectivity index (χ1) is 37.2. The number of fused-ring (bicyclic) bond motifs is 9. The molecule has 5 nitrogen and oxygen atoms in total. The highest BCUT2D eigenvalue weighted by molar-refractivity contribution is 6.13. The molecule has 0 aliphatic heterocycles. The second-order valence-electron chi connectivity index (χ2n) is 19.4. The van der Waals surface area contributed by atoms with Crippen molar-refractivity contribution in [3.05, 3.63) is 283 Å². The van der Waals surface area contributed by atoms with Crippen LogP contribution in [0.3, 0.4) is 0 Å². The molecule has 0 saturated heterocycles. The molecular weight excluding hydrogens is 915 g/mol. The summed E-state index contributed by atoms with van der Waals surface area (Å²) < 4.78 is 13.0. The molecule has 0 amide bonds. The van der Waals surface area contributed by atoms with Crippen LogP contribution >= 0.6 is 0 Å². The monoisotopic (exact) mass is 957 g/mol. The van der Waals surface area contributed by atoms with Gasteiger partial charge in [-0.05, 0) is 109 Å². The van der Waals surface area contributed by atoms with Crippen LogP contribution < -0.4 is 0 Å². The van der Waals surface area contributed by atoms with Crippen LogP contribution in [-0.2, 0) is 5.41 Å². The first-order valence-corrected chi connectivity index (χ1v) is 25.4. The zero-order valence-corrected chi connectivity index (χ0v) is 40.5. The van der Waals surface area contributed by atoms with Gasteiger partial charge in [0.2, 0.25) is 0 Å². The standard InChI is InChI=1S/C70H43N3O2/c1-4-17-44(18-5-1)47-19-14-20-49(41-47)67-71-68(50-37-39-55-54-25-11-13-31-61(54)75-64(55)43-50)73-69(72-67)57-28-16-32-63-66(57)58-42-48(38-40-62(58)74-63)45-33-35-46(36-34-45)53-27-15-30-60-65(53)56-26-10-12-29-59(56)70(60,51-21-6-2-7-22-51)52-23-8-3-9-24-52/h1-43H. The maximum Gasteiger partial charge on any atom is 0.164 e. The van der Waals surface area contributed by atoms with Crippen molar-refractivity contribution in [2.75, 3.05) is 0 Å². The van der Waals surface area contributed by atoms with E-state index in [2.05, 4.69) is 218 Å². The van der Waals surface area contributed by atoms with Crippen molar-refractivity contribution in [1.29, 1.82) is 0 Å². The van der Waals surface area contributed by atoms with E-state index < -0.39 is 5.41 Å². The van der Waals surface area contributed by atoms with Gasteiger partial charge in [-0.1, -0.05) is 218 Å². The number of rotatable bonds is 8. The first kappa shape index (κ1) is 42.7. The maximum absolute atomic E-state index is 6.62. The minimum atomic E-state index is -0.465. The summed E-state index contributed by atoms with van der Waals surface area (Å²) in [7, 11) is 0. The Kier molecular flexibility index (Phi) is 9.72. The third-order valence-electron chi connectivity index (χ3n) is 15.2. The maximum atomic E-state index is 6.62. The average Bonchev–Trinajstić information content (AvgIpc) is 4.28. The van der Waals surface area contributed by atoms with Gasteiger partial charge < -0.3 is 8.83 Å². The predicted octanol–water partition coefficient (Wildman–Crippen LogP) is 18.0. The van der Waals surface area contributed by atoms with Gasteiger partial charge in [0.25, 0.3) is 0 Å². The largest absolute Gasteiger partial charge is 0.456 e. The van der Waals surface area contributed by atoms with Gasteiger partial charge in [0.15, 0.2) is 17.5 Å². The van der Waals surface area contributed by atoms with Crippen molar-refractivity contribution in [2.24, 2.45) is 0 Å². The molecule has 5 heteroatoms. The molecule has 3 heterocycles. The molecule has 1 aliphatic rings. The molecule has 14 aromatic rings. The Hall–Kier alpha value is -9.97. The summed E-state index contributed by atoms with van der Waals surface area (Å²) in [6.45, 7) is 0. The molecule has 0 spiro atoms. The fraction of sp³-hybridized carbons (Fsp3) is 0.0143. The van der Waals surface area contributed by atoms with Gasteiger partial charge >= 0.3 is 0 Å². The summed E-state index contributed by atoms with van der Waals surface area (Å²) in [5.41, 5.74) is 19.7. The zero-order valence-electron chi connectivity index (χ0n) is 40.5. The molecular formula is C70H43N3O2. The highest BCUT2D eigenvalue weighted by Gasteiger charge is 2.46. The number of hydrogen-bond acceptors (Lipinski definition) is 5. The van der Waals surface area contributed by atoms with Crippen LogP contribution in [0.5, 0.6) is 0 Å². The molecule has 15 rings (SSSR count). The lowest BCUT2D eigenvalue weighted by atomic mass is 9.67. The fourth-order valence-corrected chi connectivity index (χ4v) is 11.9. The molecule has 0 atom stereocenters. The fourth-order valence-electron chi connectivity index (χ4n) is 11.9. The van der Waals surface area contributed by atoms with Crippen molar-refractivity contribution in [3.63, 3.8) is 0 Å². The molecule has 3 aromatic heterocycles. The zero-order chi connectivity index (χ0) is 49.5. The summed E-state index contributed by atoms with van der Waals surface area (Å²) in [4.78, 5) is 15.7. The van der Waals surface area contributed by atoms with E-state index in [1.807, 2.05) is 42.5 Å². The lowest BCUT2D eigenvalue weighted by Crippen LogP contribution is -2.28. The van der Waals surface area contributed by atoms with E-state index >= 15 is 0 Å². The summed E-state index contributed by atoms with van der Waals surface area (Å²) in [6.07, 6.45) is 0. The Morgan fingerprint density at radius 3 is 1.56 bits per heavy atom. The van der Waals surface area contributed by atoms with Gasteiger partial charge in [0.1, 0.15) is 22.3 Å². The van der Waals surface area contributed by atoms with Crippen LogP contribution in [0.4, 0.5) is 0 Å². The van der Waals surface area contributed by atoms with Crippen molar-refractivity contribution in [2.45, 2.75) is 5.41 Å². The smallest absolute Gasteiger partial charge is 0.164 e. The molecule has 0 saturated carbocycles. The first-order valence-electron chi connectivity index (χ1n) is 25.4. The number of hydrogen-bond donors (Lipinski definition) is 0. The van der Waals surface area contributed by atoms with Gasteiger partial charge in [-0.15, -0.1) is 0 Å². The van der Waals surface area contributed by atoms with Crippen LogP contribution in [0.2, 0.25) is 0 Å². The Morgan fingerprint density at radius 1 is 0.267 bits per heavy atom. The lowest BCUT2D eigenvalue weighted by Gasteiger charge is -2.34. The van der Waals surface area contributed by atoms with Crippen LogP contribution in [0.25, 0.3) is 123 Å². The molecule has 1 aliphatic carbocycles. The molecule has 75 heavy (non-hydrogen) atoms. The minimum absolute atomic E-state index is 0.465. The average molecular weight is 958 g/mol. The molecule has 0 bridgehead atoms. The quantitative estimate of drug-likeness (QED) is 0.152. The summed E-state index contributed by atoms with van der Waals surface area (Å²) in [5, 5.41) is 4.04. The number of nitrogens with zero attached hydrogens (tertiary/aromatic N) is 3. The van der Waals surface area contributed by atoms with Gasteiger partial charge in [-0.2, -0.15) is 0 Å². The van der Waals surface area contributed by atoms with E-state index in [1.165, 1.54) is 38.9 Å². The third kappa shape index (κ3) is 6.82. The normalized spacial score (nSPS) is 12.6. The van der Waals surface area contributed by atoms with Crippen LogP contribution in [-0.4, -0.2) is 15.0 Å². The SMILES string of the molecule is c1ccc(-c2cccc(-c3nc(-c4ccc5c(c4)oc4ccccc45)nc(-c4cccc5oc6ccc(-c7ccc(-c8cccc9c8-c8ccccc8C9(c8ccccc8)c8ccccc8)cc7)cc6c45)n3)c2)cc1. The topological polar surface area (TPSA) is 65.0 Å². The third-order valence-corrected chi connectivity index (χ3v) is 15.2. The molecule has 0 fully saturated rings. The lowest BCUT2D eigenvalue weighted by molar-refractivity contribution is 0.668. The number of aromatic nitrogens is 3. The van der Waals surface area contributed by atoms with Crippen LogP contribution in [0.15, 0.2) is 270 Å². The second-order valence-corrected chi connectivity index (χ2v) is 19.4.